The summed E-state index contributed by atoms with van der Waals surface area (Å²) in [6, 6.07) is 20.4. The normalized spacial score (nSPS) is 18.7. The van der Waals surface area contributed by atoms with Crippen molar-refractivity contribution in [3.63, 3.8) is 0 Å². The molecule has 1 amide bonds. The SMILES string of the molecule is Cc1c(B2OC(C)(C)C(C)(C)O2)cc(C(=O)OC(C)(C)C)cc1N1CCN(C(=O)OCC2c3ccccc3-c3ccccc32)CC1. The number of rotatable bonds is 5. The van der Waals surface area contributed by atoms with E-state index in [0.717, 1.165) is 16.7 Å². The molecule has 46 heavy (non-hydrogen) atoms. The zero-order valence-electron chi connectivity index (χ0n) is 28.3. The van der Waals surface area contributed by atoms with E-state index in [1.165, 1.54) is 22.3 Å². The Morgan fingerprint density at radius 1 is 0.870 bits per heavy atom. The highest BCUT2D eigenvalue weighted by molar-refractivity contribution is 6.63. The molecular formula is C37H45BN2O6. The van der Waals surface area contributed by atoms with Crippen molar-refractivity contribution in [2.24, 2.45) is 0 Å². The largest absolute Gasteiger partial charge is 0.495 e. The quantitative estimate of drug-likeness (QED) is 0.243. The van der Waals surface area contributed by atoms with E-state index in [1.807, 2.05) is 91.8 Å². The molecule has 0 aromatic heterocycles. The Morgan fingerprint density at radius 3 is 1.96 bits per heavy atom. The summed E-state index contributed by atoms with van der Waals surface area (Å²) >= 11 is 0. The lowest BCUT2D eigenvalue weighted by atomic mass is 9.74. The van der Waals surface area contributed by atoms with E-state index in [-0.39, 0.29) is 12.0 Å². The zero-order chi connectivity index (χ0) is 33.0. The number of carbonyl (C=O) groups excluding carboxylic acids is 2. The van der Waals surface area contributed by atoms with E-state index < -0.39 is 29.9 Å². The highest BCUT2D eigenvalue weighted by Crippen LogP contribution is 2.44. The van der Waals surface area contributed by atoms with Gasteiger partial charge in [0.15, 0.2) is 0 Å². The van der Waals surface area contributed by atoms with Gasteiger partial charge >= 0.3 is 19.2 Å². The topological polar surface area (TPSA) is 77.5 Å². The monoisotopic (exact) mass is 624 g/mol. The van der Waals surface area contributed by atoms with Gasteiger partial charge < -0.3 is 28.6 Å². The van der Waals surface area contributed by atoms with Crippen LogP contribution in [0.4, 0.5) is 10.5 Å². The van der Waals surface area contributed by atoms with Crippen molar-refractivity contribution in [3.8, 4) is 11.1 Å². The number of carbonyl (C=O) groups is 2. The van der Waals surface area contributed by atoms with Crippen LogP contribution < -0.4 is 10.4 Å². The maximum atomic E-state index is 13.3. The Balaban J connectivity index is 1.17. The highest BCUT2D eigenvalue weighted by Gasteiger charge is 2.52. The summed E-state index contributed by atoms with van der Waals surface area (Å²) in [5, 5.41) is 0. The van der Waals surface area contributed by atoms with Gasteiger partial charge in [-0.05, 0) is 101 Å². The Morgan fingerprint density at radius 2 is 1.41 bits per heavy atom. The van der Waals surface area contributed by atoms with Crippen molar-refractivity contribution in [1.29, 1.82) is 0 Å². The standard InChI is InChI=1S/C37H45BN2O6/c1-24-31(38-45-36(5,6)37(7,8)46-38)21-25(33(41)44-35(2,3)4)22-32(24)39-17-19-40(20-18-39)34(42)43-23-30-28-15-11-9-13-26(28)27-14-10-12-16-29(27)30/h9-16,21-22,30H,17-20,23H2,1-8H3. The number of hydrogen-bond donors (Lipinski definition) is 0. The van der Waals surface area contributed by atoms with Gasteiger partial charge in [-0.3, -0.25) is 0 Å². The third-order valence-electron chi connectivity index (χ3n) is 9.78. The van der Waals surface area contributed by atoms with Gasteiger partial charge in [-0.2, -0.15) is 0 Å². The molecule has 2 saturated heterocycles. The summed E-state index contributed by atoms with van der Waals surface area (Å²) in [7, 11) is -0.631. The Hall–Kier alpha value is -3.82. The molecule has 3 aromatic carbocycles. The van der Waals surface area contributed by atoms with Gasteiger partial charge in [-0.15, -0.1) is 0 Å². The van der Waals surface area contributed by atoms with E-state index in [1.54, 1.807) is 4.90 Å². The lowest BCUT2D eigenvalue weighted by Crippen LogP contribution is -2.50. The number of fused-ring (bicyclic) bond motifs is 3. The fourth-order valence-electron chi connectivity index (χ4n) is 6.53. The second-order valence-electron chi connectivity index (χ2n) is 14.6. The number of nitrogens with zero attached hydrogens (tertiary/aromatic N) is 2. The predicted molar refractivity (Wildman–Crippen MR) is 181 cm³/mol. The number of amides is 1. The smallest absolute Gasteiger partial charge is 0.456 e. The molecule has 0 saturated carbocycles. The summed E-state index contributed by atoms with van der Waals surface area (Å²) in [5.41, 5.74) is 6.23. The number of esters is 1. The van der Waals surface area contributed by atoms with Crippen LogP contribution in [-0.2, 0) is 18.8 Å². The highest BCUT2D eigenvalue weighted by atomic mass is 16.7. The molecule has 0 bridgehead atoms. The van der Waals surface area contributed by atoms with Crippen molar-refractivity contribution >= 4 is 30.3 Å². The molecule has 0 radical (unpaired) electrons. The lowest BCUT2D eigenvalue weighted by Gasteiger charge is -2.37. The molecule has 0 spiro atoms. The molecule has 2 aliphatic heterocycles. The molecule has 3 aromatic rings. The molecule has 8 nitrogen and oxygen atoms in total. The molecule has 1 aliphatic carbocycles. The van der Waals surface area contributed by atoms with Crippen molar-refractivity contribution < 1.29 is 28.4 Å². The summed E-state index contributed by atoms with van der Waals surface area (Å²) in [6.07, 6.45) is -0.307. The predicted octanol–water partition coefficient (Wildman–Crippen LogP) is 6.32. The minimum absolute atomic E-state index is 0.0179. The van der Waals surface area contributed by atoms with Gasteiger partial charge in [0.05, 0.1) is 16.8 Å². The average Bonchev–Trinajstić information content (AvgIpc) is 3.43. The second-order valence-corrected chi connectivity index (χ2v) is 14.6. The van der Waals surface area contributed by atoms with Crippen LogP contribution in [0.5, 0.6) is 0 Å². The molecule has 0 N–H and O–H groups in total. The van der Waals surface area contributed by atoms with Crippen LogP contribution in [0.15, 0.2) is 60.7 Å². The van der Waals surface area contributed by atoms with Crippen molar-refractivity contribution in [2.75, 3.05) is 37.7 Å². The van der Waals surface area contributed by atoms with Gasteiger partial charge in [-0.25, -0.2) is 9.59 Å². The molecule has 6 rings (SSSR count). The number of ether oxygens (including phenoxy) is 2. The summed E-state index contributed by atoms with van der Waals surface area (Å²) in [4.78, 5) is 30.6. The molecule has 9 heteroatoms. The van der Waals surface area contributed by atoms with E-state index in [9.17, 15) is 9.59 Å². The first-order valence-electron chi connectivity index (χ1n) is 16.2. The molecule has 2 fully saturated rings. The summed E-state index contributed by atoms with van der Waals surface area (Å²) < 4.78 is 24.5. The van der Waals surface area contributed by atoms with Crippen molar-refractivity contribution in [3.05, 3.63) is 82.9 Å². The van der Waals surface area contributed by atoms with Gasteiger partial charge in [0.2, 0.25) is 0 Å². The first-order chi connectivity index (χ1) is 21.6. The fourth-order valence-corrected chi connectivity index (χ4v) is 6.53. The fraction of sp³-hybridized carbons (Fsp3) is 0.459. The average molecular weight is 625 g/mol. The van der Waals surface area contributed by atoms with Crippen LogP contribution >= 0.6 is 0 Å². The second kappa shape index (κ2) is 11.8. The van der Waals surface area contributed by atoms with Crippen LogP contribution in [0.1, 0.15) is 81.4 Å². The van der Waals surface area contributed by atoms with Crippen molar-refractivity contribution in [2.45, 2.75) is 78.1 Å². The molecule has 2 heterocycles. The van der Waals surface area contributed by atoms with E-state index in [0.29, 0.717) is 38.3 Å². The number of hydrogen-bond acceptors (Lipinski definition) is 7. The molecule has 0 unspecified atom stereocenters. The summed E-state index contributed by atoms with van der Waals surface area (Å²) in [5.74, 6) is -0.381. The van der Waals surface area contributed by atoms with E-state index >= 15 is 0 Å². The third kappa shape index (κ3) is 6.03. The third-order valence-corrected chi connectivity index (χ3v) is 9.78. The van der Waals surface area contributed by atoms with Gasteiger partial charge in [0.25, 0.3) is 0 Å². The Labute approximate surface area is 273 Å². The maximum absolute atomic E-state index is 13.3. The van der Waals surface area contributed by atoms with E-state index in [2.05, 4.69) is 29.2 Å². The molecule has 3 aliphatic rings. The first-order valence-corrected chi connectivity index (χ1v) is 16.2. The Bertz CT molecular complexity index is 1590. The van der Waals surface area contributed by atoms with Gasteiger partial charge in [0, 0.05) is 37.8 Å². The van der Waals surface area contributed by atoms with Crippen LogP contribution in [-0.4, -0.2) is 73.7 Å². The minimum Gasteiger partial charge on any atom is -0.456 e. The maximum Gasteiger partial charge on any atom is 0.495 e. The minimum atomic E-state index is -0.638. The molecule has 0 atom stereocenters. The molecule has 242 valence electrons. The van der Waals surface area contributed by atoms with Crippen LogP contribution in [0.3, 0.4) is 0 Å². The number of anilines is 1. The van der Waals surface area contributed by atoms with Gasteiger partial charge in [0.1, 0.15) is 12.2 Å². The van der Waals surface area contributed by atoms with Crippen LogP contribution in [0.2, 0.25) is 0 Å². The lowest BCUT2D eigenvalue weighted by molar-refractivity contribution is 0.00578. The van der Waals surface area contributed by atoms with Crippen LogP contribution in [0, 0.1) is 6.92 Å². The number of benzene rings is 3. The first kappa shape index (κ1) is 32.1. The zero-order valence-corrected chi connectivity index (χ0v) is 28.3. The van der Waals surface area contributed by atoms with Crippen molar-refractivity contribution in [1.82, 2.24) is 4.90 Å². The van der Waals surface area contributed by atoms with E-state index in [4.69, 9.17) is 18.8 Å². The number of piperazine rings is 1. The van der Waals surface area contributed by atoms with Gasteiger partial charge in [-0.1, -0.05) is 48.5 Å². The summed E-state index contributed by atoms with van der Waals surface area (Å²) in [6.45, 7) is 18.1. The molecular weight excluding hydrogens is 579 g/mol. The Kier molecular flexibility index (Phi) is 8.22. The van der Waals surface area contributed by atoms with Crippen LogP contribution in [0.25, 0.3) is 11.1 Å².